The zero-order valence-electron chi connectivity index (χ0n) is 11.4. The summed E-state index contributed by atoms with van der Waals surface area (Å²) in [6.07, 6.45) is 1.76. The molecular weight excluding hydrogens is 254 g/mol. The molecule has 0 saturated carbocycles. The van der Waals surface area contributed by atoms with Crippen LogP contribution in [0.5, 0.6) is 11.5 Å². The Hall–Kier alpha value is -2.30. The fraction of sp³-hybridized carbons (Fsp3) is 0.333. The number of benzene rings is 1. The van der Waals surface area contributed by atoms with Crippen molar-refractivity contribution in [1.82, 2.24) is 10.2 Å². The van der Waals surface area contributed by atoms with Gasteiger partial charge in [0.15, 0.2) is 11.5 Å². The maximum atomic E-state index is 5.91. The minimum atomic E-state index is 0.0654. The average Bonchev–Trinajstić information content (AvgIpc) is 2.53. The highest BCUT2D eigenvalue weighted by atomic mass is 16.6. The number of aromatic nitrogens is 2. The van der Waals surface area contributed by atoms with Crippen molar-refractivity contribution in [2.75, 3.05) is 19.0 Å². The Balaban J connectivity index is 1.57. The molecule has 1 aliphatic heterocycles. The van der Waals surface area contributed by atoms with Crippen molar-refractivity contribution in [2.24, 2.45) is 0 Å². The zero-order chi connectivity index (χ0) is 13.8. The number of aryl methyl sites for hydroxylation is 1. The normalized spacial score (nSPS) is 16.8. The molecular formula is C15H17N3O2. The molecule has 1 unspecified atom stereocenters. The van der Waals surface area contributed by atoms with E-state index in [-0.39, 0.29) is 6.10 Å². The molecule has 0 fully saturated rings. The predicted octanol–water partition coefficient (Wildman–Crippen LogP) is 2.29. The molecule has 0 saturated heterocycles. The van der Waals surface area contributed by atoms with E-state index in [1.807, 2.05) is 43.4 Å². The summed E-state index contributed by atoms with van der Waals surface area (Å²) in [5.41, 5.74) is 0.964. The zero-order valence-corrected chi connectivity index (χ0v) is 11.4. The van der Waals surface area contributed by atoms with Gasteiger partial charge in [-0.3, -0.25) is 0 Å². The van der Waals surface area contributed by atoms with Crippen molar-refractivity contribution in [3.05, 3.63) is 42.1 Å². The van der Waals surface area contributed by atoms with Gasteiger partial charge in [0.1, 0.15) is 18.5 Å². The van der Waals surface area contributed by atoms with E-state index in [1.54, 1.807) is 0 Å². The van der Waals surface area contributed by atoms with Crippen LogP contribution in [0.1, 0.15) is 12.1 Å². The number of ether oxygens (including phenoxy) is 2. The molecule has 2 aromatic rings. The van der Waals surface area contributed by atoms with Crippen molar-refractivity contribution in [1.29, 1.82) is 0 Å². The van der Waals surface area contributed by atoms with Gasteiger partial charge in [-0.15, -0.1) is 5.10 Å². The van der Waals surface area contributed by atoms with Gasteiger partial charge in [0.25, 0.3) is 0 Å². The standard InChI is InChI=1S/C15H17N3O2/c1-16-15-9-7-11(17-18-15)6-8-12-10-19-13-4-2-3-5-14(13)20-12/h2-5,7,9,12H,6,8,10H2,1H3,(H,16,18). The Bertz CT molecular complexity index is 572. The Kier molecular flexibility index (Phi) is 3.67. The molecule has 1 atom stereocenters. The fourth-order valence-electron chi connectivity index (χ4n) is 2.14. The van der Waals surface area contributed by atoms with E-state index in [9.17, 15) is 0 Å². The largest absolute Gasteiger partial charge is 0.486 e. The van der Waals surface area contributed by atoms with Crippen LogP contribution in [-0.2, 0) is 6.42 Å². The number of hydrogen-bond acceptors (Lipinski definition) is 5. The number of nitrogens with one attached hydrogen (secondary N) is 1. The molecule has 3 rings (SSSR count). The lowest BCUT2D eigenvalue weighted by atomic mass is 10.1. The van der Waals surface area contributed by atoms with Crippen LogP contribution in [0.15, 0.2) is 36.4 Å². The number of nitrogens with zero attached hydrogens (tertiary/aromatic N) is 2. The maximum absolute atomic E-state index is 5.91. The summed E-state index contributed by atoms with van der Waals surface area (Å²) in [6, 6.07) is 11.7. The monoisotopic (exact) mass is 271 g/mol. The molecule has 1 aromatic carbocycles. The topological polar surface area (TPSA) is 56.3 Å². The van der Waals surface area contributed by atoms with Gasteiger partial charge in [0, 0.05) is 7.05 Å². The van der Waals surface area contributed by atoms with E-state index in [0.717, 1.165) is 35.9 Å². The summed E-state index contributed by atoms with van der Waals surface area (Å²) in [7, 11) is 1.83. The van der Waals surface area contributed by atoms with E-state index in [0.29, 0.717) is 6.61 Å². The third-order valence-electron chi connectivity index (χ3n) is 3.27. The highest BCUT2D eigenvalue weighted by molar-refractivity contribution is 5.40. The molecule has 1 aromatic heterocycles. The van der Waals surface area contributed by atoms with Gasteiger partial charge in [0.05, 0.1) is 5.69 Å². The summed E-state index contributed by atoms with van der Waals surface area (Å²) in [4.78, 5) is 0. The minimum Gasteiger partial charge on any atom is -0.486 e. The van der Waals surface area contributed by atoms with Gasteiger partial charge >= 0.3 is 0 Å². The Morgan fingerprint density at radius 2 is 2.00 bits per heavy atom. The van der Waals surface area contributed by atoms with Crippen LogP contribution < -0.4 is 14.8 Å². The summed E-state index contributed by atoms with van der Waals surface area (Å²) >= 11 is 0. The Morgan fingerprint density at radius 3 is 2.75 bits per heavy atom. The number of hydrogen-bond donors (Lipinski definition) is 1. The molecule has 20 heavy (non-hydrogen) atoms. The van der Waals surface area contributed by atoms with Gasteiger partial charge in [-0.25, -0.2) is 0 Å². The van der Waals surface area contributed by atoms with Crippen LogP contribution >= 0.6 is 0 Å². The van der Waals surface area contributed by atoms with Gasteiger partial charge in [-0.1, -0.05) is 12.1 Å². The lowest BCUT2D eigenvalue weighted by molar-refractivity contribution is 0.0849. The van der Waals surface area contributed by atoms with Crippen LogP contribution in [-0.4, -0.2) is 30.0 Å². The second-order valence-corrected chi connectivity index (χ2v) is 4.70. The average molecular weight is 271 g/mol. The van der Waals surface area contributed by atoms with Gasteiger partial charge in [0.2, 0.25) is 0 Å². The van der Waals surface area contributed by atoms with Crippen molar-refractivity contribution >= 4 is 5.82 Å². The lowest BCUT2D eigenvalue weighted by Gasteiger charge is -2.26. The molecule has 5 nitrogen and oxygen atoms in total. The van der Waals surface area contributed by atoms with E-state index in [2.05, 4.69) is 15.5 Å². The molecule has 2 heterocycles. The summed E-state index contributed by atoms with van der Waals surface area (Å²) in [5, 5.41) is 11.2. The van der Waals surface area contributed by atoms with Crippen LogP contribution in [0.3, 0.4) is 0 Å². The van der Waals surface area contributed by atoms with Crippen molar-refractivity contribution < 1.29 is 9.47 Å². The SMILES string of the molecule is CNc1ccc(CCC2COc3ccccc3O2)nn1. The van der Waals surface area contributed by atoms with Gasteiger partial charge < -0.3 is 14.8 Å². The molecule has 1 N–H and O–H groups in total. The number of rotatable bonds is 4. The Labute approximate surface area is 117 Å². The van der Waals surface area contributed by atoms with Crippen LogP contribution in [0.4, 0.5) is 5.82 Å². The summed E-state index contributed by atoms with van der Waals surface area (Å²) in [5.74, 6) is 2.42. The predicted molar refractivity (Wildman–Crippen MR) is 76.3 cm³/mol. The third-order valence-corrected chi connectivity index (χ3v) is 3.27. The first-order valence-corrected chi connectivity index (χ1v) is 6.74. The van der Waals surface area contributed by atoms with E-state index < -0.39 is 0 Å². The van der Waals surface area contributed by atoms with Crippen LogP contribution in [0.2, 0.25) is 0 Å². The summed E-state index contributed by atoms with van der Waals surface area (Å²) in [6.45, 7) is 0.582. The molecule has 0 spiro atoms. The van der Waals surface area contributed by atoms with Gasteiger partial charge in [-0.05, 0) is 37.1 Å². The fourth-order valence-corrected chi connectivity index (χ4v) is 2.14. The van der Waals surface area contributed by atoms with Crippen LogP contribution in [0.25, 0.3) is 0 Å². The third kappa shape index (κ3) is 2.82. The first-order chi connectivity index (χ1) is 9.85. The van der Waals surface area contributed by atoms with Crippen molar-refractivity contribution in [3.63, 3.8) is 0 Å². The molecule has 1 aliphatic rings. The smallest absolute Gasteiger partial charge is 0.161 e. The highest BCUT2D eigenvalue weighted by Gasteiger charge is 2.20. The van der Waals surface area contributed by atoms with Crippen molar-refractivity contribution in [2.45, 2.75) is 18.9 Å². The molecule has 104 valence electrons. The minimum absolute atomic E-state index is 0.0654. The second kappa shape index (κ2) is 5.77. The van der Waals surface area contributed by atoms with E-state index in [1.165, 1.54) is 0 Å². The quantitative estimate of drug-likeness (QED) is 0.924. The highest BCUT2D eigenvalue weighted by Crippen LogP contribution is 2.31. The first-order valence-electron chi connectivity index (χ1n) is 6.74. The van der Waals surface area contributed by atoms with Crippen molar-refractivity contribution in [3.8, 4) is 11.5 Å². The molecule has 0 radical (unpaired) electrons. The first kappa shape index (κ1) is 12.7. The molecule has 0 aliphatic carbocycles. The van der Waals surface area contributed by atoms with Gasteiger partial charge in [-0.2, -0.15) is 5.10 Å². The number of fused-ring (bicyclic) bond motifs is 1. The second-order valence-electron chi connectivity index (χ2n) is 4.70. The molecule has 0 amide bonds. The Morgan fingerprint density at radius 1 is 1.15 bits per heavy atom. The molecule has 5 heteroatoms. The molecule has 0 bridgehead atoms. The number of anilines is 1. The van der Waals surface area contributed by atoms with E-state index in [4.69, 9.17) is 9.47 Å². The van der Waals surface area contributed by atoms with Crippen LogP contribution in [0, 0.1) is 0 Å². The lowest BCUT2D eigenvalue weighted by Crippen LogP contribution is -2.29. The summed E-state index contributed by atoms with van der Waals surface area (Å²) < 4.78 is 11.6. The maximum Gasteiger partial charge on any atom is 0.161 e. The van der Waals surface area contributed by atoms with E-state index >= 15 is 0 Å². The number of para-hydroxylation sites is 2.